The van der Waals surface area contributed by atoms with Crippen LogP contribution in [0.3, 0.4) is 0 Å². The molecule has 1 aliphatic heterocycles. The topological polar surface area (TPSA) is 79.5 Å². The molecule has 2 aromatic rings. The van der Waals surface area contributed by atoms with Crippen LogP contribution in [0.2, 0.25) is 0 Å². The molecule has 0 unspecified atom stereocenters. The number of nitrogens with two attached hydrogens (primary N) is 1. The number of aliphatic hydroxyl groups excluding tert-OH is 1. The molecule has 0 radical (unpaired) electrons. The van der Waals surface area contributed by atoms with Gasteiger partial charge in [-0.3, -0.25) is 4.79 Å². The Labute approximate surface area is 148 Å². The fourth-order valence-electron chi connectivity index (χ4n) is 3.70. The molecular formula is C20H25N3O2. The van der Waals surface area contributed by atoms with Crippen molar-refractivity contribution in [3.05, 3.63) is 59.8 Å². The summed E-state index contributed by atoms with van der Waals surface area (Å²) in [6, 6.07) is 13.8. The number of carbonyl (C=O) groups is 1. The number of piperidine rings is 1. The summed E-state index contributed by atoms with van der Waals surface area (Å²) in [5, 5.41) is 10.1. The molecule has 1 saturated heterocycles. The third kappa shape index (κ3) is 3.99. The number of benzene rings is 1. The lowest BCUT2D eigenvalue weighted by Crippen LogP contribution is -2.46. The Morgan fingerprint density at radius 2 is 2.04 bits per heavy atom. The maximum Gasteiger partial charge on any atom is 0.252 e. The summed E-state index contributed by atoms with van der Waals surface area (Å²) >= 11 is 0. The highest BCUT2D eigenvalue weighted by atomic mass is 16.3. The number of aliphatic hydroxyl groups is 1. The molecule has 5 nitrogen and oxygen atoms in total. The van der Waals surface area contributed by atoms with Gasteiger partial charge in [-0.1, -0.05) is 30.3 Å². The Morgan fingerprint density at radius 1 is 1.24 bits per heavy atom. The molecule has 3 N–H and O–H groups in total. The first-order valence-electron chi connectivity index (χ1n) is 8.78. The minimum absolute atomic E-state index is 0.134. The highest BCUT2D eigenvalue weighted by Gasteiger charge is 2.36. The Kier molecular flexibility index (Phi) is 5.34. The highest BCUT2D eigenvalue weighted by Crippen LogP contribution is 2.36. The second-order valence-electron chi connectivity index (χ2n) is 6.91. The molecule has 1 atom stereocenters. The number of aromatic nitrogens is 1. The van der Waals surface area contributed by atoms with E-state index in [1.165, 1.54) is 5.56 Å². The minimum atomic E-state index is -0.465. The lowest BCUT2D eigenvalue weighted by atomic mass is 9.76. The molecule has 25 heavy (non-hydrogen) atoms. The molecule has 1 aromatic heterocycles. The SMILES string of the molecule is NC(=O)c1cccnc1N1CCC[C@@](CO)(CCc2ccccc2)C1. The number of aryl methyl sites for hydroxylation is 1. The van der Waals surface area contributed by atoms with Crippen LogP contribution in [0.25, 0.3) is 0 Å². The molecule has 0 aliphatic carbocycles. The Hall–Kier alpha value is -2.40. The molecule has 1 amide bonds. The zero-order chi connectivity index (χ0) is 17.7. The van der Waals surface area contributed by atoms with Gasteiger partial charge in [-0.05, 0) is 43.4 Å². The van der Waals surface area contributed by atoms with Gasteiger partial charge < -0.3 is 15.7 Å². The van der Waals surface area contributed by atoms with E-state index in [4.69, 9.17) is 5.73 Å². The lowest BCUT2D eigenvalue weighted by molar-refractivity contribution is 0.0956. The number of carbonyl (C=O) groups excluding carboxylic acids is 1. The number of anilines is 1. The van der Waals surface area contributed by atoms with Gasteiger partial charge in [0.2, 0.25) is 0 Å². The van der Waals surface area contributed by atoms with Crippen molar-refractivity contribution in [1.29, 1.82) is 0 Å². The second kappa shape index (κ2) is 7.66. The number of amides is 1. The predicted octanol–water partition coefficient (Wildman–Crippen LogP) is 2.39. The maximum absolute atomic E-state index is 11.7. The van der Waals surface area contributed by atoms with Crippen LogP contribution in [-0.2, 0) is 6.42 Å². The van der Waals surface area contributed by atoms with E-state index < -0.39 is 5.91 Å². The number of primary amides is 1. The van der Waals surface area contributed by atoms with Crippen LogP contribution >= 0.6 is 0 Å². The molecule has 0 saturated carbocycles. The van der Waals surface area contributed by atoms with Crippen LogP contribution in [-0.4, -0.2) is 35.7 Å². The van der Waals surface area contributed by atoms with E-state index in [1.54, 1.807) is 18.3 Å². The summed E-state index contributed by atoms with van der Waals surface area (Å²) in [5.74, 6) is 0.166. The van der Waals surface area contributed by atoms with Crippen molar-refractivity contribution < 1.29 is 9.90 Å². The monoisotopic (exact) mass is 339 g/mol. The molecule has 1 aliphatic rings. The summed E-state index contributed by atoms with van der Waals surface area (Å²) in [7, 11) is 0. The summed E-state index contributed by atoms with van der Waals surface area (Å²) in [4.78, 5) is 18.2. The molecule has 132 valence electrons. The van der Waals surface area contributed by atoms with Gasteiger partial charge in [0.05, 0.1) is 12.2 Å². The normalized spacial score (nSPS) is 20.4. The molecule has 1 fully saturated rings. The van der Waals surface area contributed by atoms with Crippen LogP contribution in [0.1, 0.15) is 35.2 Å². The van der Waals surface area contributed by atoms with Gasteiger partial charge in [0.25, 0.3) is 5.91 Å². The fraction of sp³-hybridized carbons (Fsp3) is 0.400. The standard InChI is InChI=1S/C20H25N3O2/c21-18(25)17-8-4-12-22-19(17)23-13-5-10-20(14-23,15-24)11-9-16-6-2-1-3-7-16/h1-4,6-8,12,24H,5,9-11,13-15H2,(H2,21,25)/t20-/m1/s1. The van der Waals surface area contributed by atoms with Crippen molar-refractivity contribution in [2.45, 2.75) is 25.7 Å². The third-order valence-corrected chi connectivity index (χ3v) is 5.14. The van der Waals surface area contributed by atoms with Gasteiger partial charge in [-0.2, -0.15) is 0 Å². The van der Waals surface area contributed by atoms with E-state index in [-0.39, 0.29) is 12.0 Å². The first-order chi connectivity index (χ1) is 12.1. The summed E-state index contributed by atoms with van der Waals surface area (Å²) in [5.41, 5.74) is 7.05. The van der Waals surface area contributed by atoms with E-state index in [0.29, 0.717) is 17.9 Å². The quantitative estimate of drug-likeness (QED) is 0.847. The van der Waals surface area contributed by atoms with Crippen LogP contribution in [0.4, 0.5) is 5.82 Å². The zero-order valence-corrected chi connectivity index (χ0v) is 14.4. The fourth-order valence-corrected chi connectivity index (χ4v) is 3.70. The van der Waals surface area contributed by atoms with Crippen LogP contribution < -0.4 is 10.6 Å². The van der Waals surface area contributed by atoms with Gasteiger partial charge in [0, 0.05) is 24.7 Å². The van der Waals surface area contributed by atoms with Gasteiger partial charge in [0.1, 0.15) is 5.82 Å². The molecule has 2 heterocycles. The largest absolute Gasteiger partial charge is 0.396 e. The first kappa shape index (κ1) is 17.4. The molecular weight excluding hydrogens is 314 g/mol. The maximum atomic E-state index is 11.7. The van der Waals surface area contributed by atoms with E-state index >= 15 is 0 Å². The van der Waals surface area contributed by atoms with Crippen molar-refractivity contribution in [2.75, 3.05) is 24.6 Å². The lowest BCUT2D eigenvalue weighted by Gasteiger charge is -2.43. The van der Waals surface area contributed by atoms with E-state index in [0.717, 1.165) is 32.2 Å². The van der Waals surface area contributed by atoms with Crippen LogP contribution in [0.5, 0.6) is 0 Å². The Bertz CT molecular complexity index is 720. The summed E-state index contributed by atoms with van der Waals surface area (Å²) in [6.45, 7) is 1.65. The first-order valence-corrected chi connectivity index (χ1v) is 8.78. The van der Waals surface area contributed by atoms with Crippen molar-refractivity contribution in [2.24, 2.45) is 11.1 Å². The minimum Gasteiger partial charge on any atom is -0.396 e. The number of rotatable bonds is 6. The number of nitrogens with zero attached hydrogens (tertiary/aromatic N) is 2. The van der Waals surface area contributed by atoms with Gasteiger partial charge in [-0.15, -0.1) is 0 Å². The van der Waals surface area contributed by atoms with Crippen molar-refractivity contribution in [3.8, 4) is 0 Å². The average Bonchev–Trinajstić information content (AvgIpc) is 2.67. The summed E-state index contributed by atoms with van der Waals surface area (Å²) < 4.78 is 0. The molecule has 0 bridgehead atoms. The second-order valence-corrected chi connectivity index (χ2v) is 6.91. The Balaban J connectivity index is 1.77. The van der Waals surface area contributed by atoms with Crippen molar-refractivity contribution in [1.82, 2.24) is 4.98 Å². The van der Waals surface area contributed by atoms with Crippen LogP contribution in [0, 0.1) is 5.41 Å². The third-order valence-electron chi connectivity index (χ3n) is 5.14. The zero-order valence-electron chi connectivity index (χ0n) is 14.4. The van der Waals surface area contributed by atoms with Crippen LogP contribution in [0.15, 0.2) is 48.7 Å². The van der Waals surface area contributed by atoms with Crippen molar-refractivity contribution in [3.63, 3.8) is 0 Å². The number of pyridine rings is 1. The van der Waals surface area contributed by atoms with E-state index in [2.05, 4.69) is 22.0 Å². The average molecular weight is 339 g/mol. The number of hydrogen-bond donors (Lipinski definition) is 2. The van der Waals surface area contributed by atoms with Gasteiger partial charge >= 0.3 is 0 Å². The van der Waals surface area contributed by atoms with E-state index in [9.17, 15) is 9.90 Å². The van der Waals surface area contributed by atoms with Gasteiger partial charge in [0.15, 0.2) is 0 Å². The van der Waals surface area contributed by atoms with E-state index in [1.807, 2.05) is 18.2 Å². The number of hydrogen-bond acceptors (Lipinski definition) is 4. The summed E-state index contributed by atoms with van der Waals surface area (Å²) in [6.07, 6.45) is 5.46. The smallest absolute Gasteiger partial charge is 0.252 e. The molecule has 3 rings (SSSR count). The Morgan fingerprint density at radius 3 is 2.76 bits per heavy atom. The molecule has 5 heteroatoms. The molecule has 0 spiro atoms. The van der Waals surface area contributed by atoms with Crippen molar-refractivity contribution >= 4 is 11.7 Å². The predicted molar refractivity (Wildman–Crippen MR) is 98.5 cm³/mol. The van der Waals surface area contributed by atoms with Gasteiger partial charge in [-0.25, -0.2) is 4.98 Å². The highest BCUT2D eigenvalue weighted by molar-refractivity contribution is 5.97. The molecule has 1 aromatic carbocycles.